The maximum absolute atomic E-state index is 12.6. The van der Waals surface area contributed by atoms with E-state index in [0.717, 1.165) is 18.1 Å². The van der Waals surface area contributed by atoms with Gasteiger partial charge in [0, 0.05) is 36.7 Å². The van der Waals surface area contributed by atoms with Gasteiger partial charge < -0.3 is 15.5 Å². The van der Waals surface area contributed by atoms with Crippen LogP contribution in [0.1, 0.15) is 29.8 Å². The predicted molar refractivity (Wildman–Crippen MR) is 117 cm³/mol. The van der Waals surface area contributed by atoms with Crippen LogP contribution >= 0.6 is 0 Å². The van der Waals surface area contributed by atoms with Gasteiger partial charge in [-0.05, 0) is 61.9 Å². The van der Waals surface area contributed by atoms with E-state index in [4.69, 9.17) is 0 Å². The molecule has 3 aromatic rings. The van der Waals surface area contributed by atoms with Crippen molar-refractivity contribution in [2.24, 2.45) is 0 Å². The zero-order valence-electron chi connectivity index (χ0n) is 16.8. The number of carbonyl (C=O) groups is 2. The number of amides is 2. The molecule has 2 N–H and O–H groups in total. The lowest BCUT2D eigenvalue weighted by Crippen LogP contribution is -2.18. The maximum Gasteiger partial charge on any atom is 0.257 e. The molecule has 0 fully saturated rings. The second kappa shape index (κ2) is 9.01. The van der Waals surface area contributed by atoms with E-state index >= 15 is 0 Å². The van der Waals surface area contributed by atoms with Gasteiger partial charge in [0.05, 0.1) is 5.56 Å². The Kier molecular flexibility index (Phi) is 6.24. The van der Waals surface area contributed by atoms with E-state index in [9.17, 15) is 9.59 Å². The van der Waals surface area contributed by atoms with E-state index in [-0.39, 0.29) is 11.8 Å². The molecule has 1 heterocycles. The van der Waals surface area contributed by atoms with Gasteiger partial charge in [0.1, 0.15) is 5.82 Å². The van der Waals surface area contributed by atoms with E-state index in [1.165, 1.54) is 12.5 Å². The Labute approximate surface area is 170 Å². The lowest BCUT2D eigenvalue weighted by Gasteiger charge is -2.22. The summed E-state index contributed by atoms with van der Waals surface area (Å²) in [5.74, 6) is 0.354. The number of hydrogen-bond acceptors (Lipinski definition) is 4. The van der Waals surface area contributed by atoms with E-state index in [0.29, 0.717) is 16.9 Å². The normalized spacial score (nSPS) is 10.3. The number of nitrogens with one attached hydrogen (secondary N) is 2. The number of anilines is 4. The number of pyridine rings is 1. The number of benzene rings is 2. The van der Waals surface area contributed by atoms with E-state index in [1.54, 1.807) is 36.5 Å². The number of carbonyl (C=O) groups excluding carboxylic acids is 2. The molecule has 0 bridgehead atoms. The molecular weight excluding hydrogens is 364 g/mol. The summed E-state index contributed by atoms with van der Waals surface area (Å²) in [5, 5.41) is 5.53. The summed E-state index contributed by atoms with van der Waals surface area (Å²) in [4.78, 5) is 30.3. The van der Waals surface area contributed by atoms with Crippen LogP contribution < -0.4 is 15.5 Å². The lowest BCUT2D eigenvalue weighted by molar-refractivity contribution is -0.114. The smallest absolute Gasteiger partial charge is 0.257 e. The minimum absolute atomic E-state index is 0.164. The molecule has 3 rings (SSSR count). The largest absolute Gasteiger partial charge is 0.327 e. The molecule has 0 aliphatic rings. The second-order valence-electron chi connectivity index (χ2n) is 6.70. The van der Waals surface area contributed by atoms with E-state index in [1.807, 2.05) is 18.2 Å². The van der Waals surface area contributed by atoms with Crippen molar-refractivity contribution in [2.45, 2.75) is 20.8 Å². The van der Waals surface area contributed by atoms with Crippen molar-refractivity contribution < 1.29 is 9.59 Å². The molecule has 0 aliphatic carbocycles. The molecule has 2 aromatic carbocycles. The average Bonchev–Trinajstić information content (AvgIpc) is 2.69. The highest BCUT2D eigenvalue weighted by Crippen LogP contribution is 2.24. The number of rotatable bonds is 6. The highest BCUT2D eigenvalue weighted by Gasteiger charge is 2.12. The molecule has 0 saturated carbocycles. The minimum Gasteiger partial charge on any atom is -0.327 e. The van der Waals surface area contributed by atoms with Gasteiger partial charge in [-0.1, -0.05) is 18.2 Å². The van der Waals surface area contributed by atoms with Crippen molar-refractivity contribution >= 4 is 34.7 Å². The fraction of sp³-hybridized carbons (Fsp3) is 0.174. The molecule has 2 amide bonds. The number of nitrogens with zero attached hydrogens (tertiary/aromatic N) is 2. The minimum atomic E-state index is -0.261. The van der Waals surface area contributed by atoms with Crippen molar-refractivity contribution in [3.05, 3.63) is 78.0 Å². The van der Waals surface area contributed by atoms with Crippen molar-refractivity contribution in [1.82, 2.24) is 4.98 Å². The third-order valence-corrected chi connectivity index (χ3v) is 4.36. The highest BCUT2D eigenvalue weighted by molar-refractivity contribution is 6.04. The number of aromatic nitrogens is 1. The first-order valence-electron chi connectivity index (χ1n) is 9.45. The Balaban J connectivity index is 1.74. The van der Waals surface area contributed by atoms with Gasteiger partial charge in [-0.25, -0.2) is 4.98 Å². The molecule has 148 valence electrons. The topological polar surface area (TPSA) is 74.3 Å². The Bertz CT molecular complexity index is 1020. The van der Waals surface area contributed by atoms with Crippen molar-refractivity contribution in [2.75, 3.05) is 22.1 Å². The molecule has 1 aromatic heterocycles. The first kappa shape index (κ1) is 20.1. The average molecular weight is 388 g/mol. The van der Waals surface area contributed by atoms with Crippen LogP contribution in [0.3, 0.4) is 0 Å². The summed E-state index contributed by atoms with van der Waals surface area (Å²) in [5.41, 5.74) is 3.92. The van der Waals surface area contributed by atoms with Crippen LogP contribution in [0.2, 0.25) is 0 Å². The van der Waals surface area contributed by atoms with Crippen molar-refractivity contribution in [1.29, 1.82) is 0 Å². The summed E-state index contributed by atoms with van der Waals surface area (Å²) < 4.78 is 0. The summed E-state index contributed by atoms with van der Waals surface area (Å²) in [6.45, 7) is 6.32. The van der Waals surface area contributed by atoms with Crippen LogP contribution in [0.15, 0.2) is 66.9 Å². The Morgan fingerprint density at radius 3 is 2.31 bits per heavy atom. The molecular formula is C23H24N4O2. The molecule has 0 atom stereocenters. The molecule has 6 heteroatoms. The standard InChI is InChI=1S/C23H24N4O2/c1-4-27(21-10-5-7-16(2)13-21)22-12-11-18(15-24-22)23(29)26-20-9-6-8-19(14-20)25-17(3)28/h5-15H,4H2,1-3H3,(H,25,28)(H,26,29). The molecule has 0 spiro atoms. The molecule has 0 unspecified atom stereocenters. The van der Waals surface area contributed by atoms with Crippen LogP contribution in [-0.4, -0.2) is 23.3 Å². The third kappa shape index (κ3) is 5.19. The highest BCUT2D eigenvalue weighted by atomic mass is 16.2. The van der Waals surface area contributed by atoms with Gasteiger partial charge in [-0.2, -0.15) is 0 Å². The fourth-order valence-electron chi connectivity index (χ4n) is 3.03. The van der Waals surface area contributed by atoms with Crippen molar-refractivity contribution in [3.63, 3.8) is 0 Å². The van der Waals surface area contributed by atoms with Crippen LogP contribution in [0, 0.1) is 6.92 Å². The maximum atomic E-state index is 12.6. The van der Waals surface area contributed by atoms with Gasteiger partial charge in [-0.15, -0.1) is 0 Å². The molecule has 0 saturated heterocycles. The van der Waals surface area contributed by atoms with Crippen LogP contribution in [-0.2, 0) is 4.79 Å². The van der Waals surface area contributed by atoms with Gasteiger partial charge >= 0.3 is 0 Å². The monoisotopic (exact) mass is 388 g/mol. The second-order valence-corrected chi connectivity index (χ2v) is 6.70. The first-order chi connectivity index (χ1) is 14.0. The van der Waals surface area contributed by atoms with Gasteiger partial charge in [0.15, 0.2) is 0 Å². The summed E-state index contributed by atoms with van der Waals surface area (Å²) >= 11 is 0. The summed E-state index contributed by atoms with van der Waals surface area (Å²) in [6.07, 6.45) is 1.57. The van der Waals surface area contributed by atoms with Crippen molar-refractivity contribution in [3.8, 4) is 0 Å². The fourth-order valence-corrected chi connectivity index (χ4v) is 3.03. The van der Waals surface area contributed by atoms with E-state index < -0.39 is 0 Å². The van der Waals surface area contributed by atoms with Gasteiger partial charge in [0.25, 0.3) is 5.91 Å². The van der Waals surface area contributed by atoms with Gasteiger partial charge in [0.2, 0.25) is 5.91 Å². The Morgan fingerprint density at radius 2 is 1.69 bits per heavy atom. The van der Waals surface area contributed by atoms with E-state index in [2.05, 4.69) is 46.5 Å². The Hall–Kier alpha value is -3.67. The first-order valence-corrected chi connectivity index (χ1v) is 9.45. The summed E-state index contributed by atoms with van der Waals surface area (Å²) in [6, 6.07) is 18.8. The number of aryl methyl sites for hydroxylation is 1. The lowest BCUT2D eigenvalue weighted by atomic mass is 10.2. The zero-order chi connectivity index (χ0) is 20.8. The summed E-state index contributed by atoms with van der Waals surface area (Å²) in [7, 11) is 0. The number of hydrogen-bond donors (Lipinski definition) is 2. The zero-order valence-corrected chi connectivity index (χ0v) is 16.8. The molecule has 0 aliphatic heterocycles. The molecule has 29 heavy (non-hydrogen) atoms. The molecule has 0 radical (unpaired) electrons. The Morgan fingerprint density at radius 1 is 0.966 bits per heavy atom. The van der Waals surface area contributed by atoms with Crippen LogP contribution in [0.5, 0.6) is 0 Å². The van der Waals surface area contributed by atoms with Crippen LogP contribution in [0.4, 0.5) is 22.9 Å². The SMILES string of the molecule is CCN(c1cccc(C)c1)c1ccc(C(=O)Nc2cccc(NC(C)=O)c2)cn1. The predicted octanol–water partition coefficient (Wildman–Crippen LogP) is 4.76. The van der Waals surface area contributed by atoms with Gasteiger partial charge in [-0.3, -0.25) is 9.59 Å². The molecule has 6 nitrogen and oxygen atoms in total. The third-order valence-electron chi connectivity index (χ3n) is 4.36. The quantitative estimate of drug-likeness (QED) is 0.638. The van der Waals surface area contributed by atoms with Crippen LogP contribution in [0.25, 0.3) is 0 Å².